The van der Waals surface area contributed by atoms with Gasteiger partial charge in [0.25, 0.3) is 0 Å². The first-order valence-electron chi connectivity index (χ1n) is 15.2. The average Bonchev–Trinajstić information content (AvgIpc) is 2.98. The summed E-state index contributed by atoms with van der Waals surface area (Å²) >= 11 is 0. The molecule has 11 heteroatoms. The molecular formula is C35H38O11. The highest BCUT2D eigenvalue weighted by Crippen LogP contribution is 2.66. The minimum atomic E-state index is -3.06. The van der Waals surface area contributed by atoms with Crippen LogP contribution in [-0.2, 0) is 30.4 Å². The standard InChI is InChI=1S/C35H38O11/c1-15(2)25-28(39)23(17(4)36)30(41)35(44)31(42)26-29(40)24-21(16(3)33(26,5)32(43)34(25,35)6)13-8-18(27(24)38)14-22(37)46-20-11-9-19(45-7)10-12-20/h8-13,15-16,23,25-26,32,38,43-44H,14H2,1-7H3/t16-,23?,25?,26?,32-,33+,34+,35+/m1/s1. The van der Waals surface area contributed by atoms with Gasteiger partial charge in [-0.1, -0.05) is 46.8 Å². The van der Waals surface area contributed by atoms with Gasteiger partial charge in [0.1, 0.15) is 28.9 Å². The van der Waals surface area contributed by atoms with E-state index in [1.54, 1.807) is 32.9 Å². The summed E-state index contributed by atoms with van der Waals surface area (Å²) in [6.07, 6.45) is -2.20. The quantitative estimate of drug-likeness (QED) is 0.241. The summed E-state index contributed by atoms with van der Waals surface area (Å²) in [5.41, 5.74) is -6.74. The molecule has 8 atom stereocenters. The molecule has 0 spiro atoms. The lowest BCUT2D eigenvalue weighted by Crippen LogP contribution is -2.81. The van der Waals surface area contributed by atoms with Crippen LogP contribution in [-0.4, -0.2) is 69.0 Å². The Morgan fingerprint density at radius 1 is 0.957 bits per heavy atom. The van der Waals surface area contributed by atoms with Crippen LogP contribution in [0.15, 0.2) is 36.4 Å². The summed E-state index contributed by atoms with van der Waals surface area (Å²) in [5.74, 6) is -12.2. The van der Waals surface area contributed by atoms with E-state index in [1.165, 1.54) is 45.2 Å². The number of rotatable bonds is 6. The fraction of sp³-hybridized carbons (Fsp3) is 0.486. The van der Waals surface area contributed by atoms with E-state index < -0.39 is 99.2 Å². The first-order valence-corrected chi connectivity index (χ1v) is 15.2. The van der Waals surface area contributed by atoms with Gasteiger partial charge < -0.3 is 24.8 Å². The number of fused-ring (bicyclic) bond motifs is 3. The molecule has 0 bridgehead atoms. The van der Waals surface area contributed by atoms with Crippen LogP contribution in [0.4, 0.5) is 0 Å². The van der Waals surface area contributed by atoms with Crippen molar-refractivity contribution in [1.82, 2.24) is 0 Å². The van der Waals surface area contributed by atoms with Crippen LogP contribution in [0.1, 0.15) is 68.9 Å². The van der Waals surface area contributed by atoms with E-state index in [0.29, 0.717) is 5.75 Å². The lowest BCUT2D eigenvalue weighted by Gasteiger charge is -2.65. The van der Waals surface area contributed by atoms with Gasteiger partial charge in [0.05, 0.1) is 31.1 Å². The van der Waals surface area contributed by atoms with Crippen LogP contribution in [0, 0.1) is 34.5 Å². The number of benzene rings is 2. The highest BCUT2D eigenvalue weighted by molar-refractivity contribution is 6.33. The van der Waals surface area contributed by atoms with Crippen LogP contribution >= 0.6 is 0 Å². The summed E-state index contributed by atoms with van der Waals surface area (Å²) in [4.78, 5) is 81.7. The Kier molecular flexibility index (Phi) is 7.89. The Morgan fingerprint density at radius 2 is 1.54 bits per heavy atom. The summed E-state index contributed by atoms with van der Waals surface area (Å²) in [6, 6.07) is 9.22. The molecule has 3 N–H and O–H groups in total. The zero-order chi connectivity index (χ0) is 34.3. The van der Waals surface area contributed by atoms with E-state index in [2.05, 4.69) is 0 Å². The van der Waals surface area contributed by atoms with Crippen molar-refractivity contribution >= 4 is 34.9 Å². The molecule has 2 aromatic rings. The van der Waals surface area contributed by atoms with Crippen LogP contribution in [0.2, 0.25) is 0 Å². The number of phenolic OH excluding ortho intramolecular Hbond substituents is 1. The van der Waals surface area contributed by atoms with Gasteiger partial charge in [-0.15, -0.1) is 0 Å². The van der Waals surface area contributed by atoms with Gasteiger partial charge in [-0.2, -0.15) is 0 Å². The summed E-state index contributed by atoms with van der Waals surface area (Å²) in [6.45, 7) is 8.73. The molecule has 46 heavy (non-hydrogen) atoms. The number of Topliss-reactive ketones (excluding diaryl/α,β-unsaturated/α-hetero) is 5. The highest BCUT2D eigenvalue weighted by atomic mass is 16.5. The topological polar surface area (TPSA) is 182 Å². The van der Waals surface area contributed by atoms with Gasteiger partial charge in [0.15, 0.2) is 28.7 Å². The Bertz CT molecular complexity index is 1690. The van der Waals surface area contributed by atoms with Crippen molar-refractivity contribution in [1.29, 1.82) is 0 Å². The maximum Gasteiger partial charge on any atom is 0.315 e. The Labute approximate surface area is 265 Å². The zero-order valence-corrected chi connectivity index (χ0v) is 26.7. The Balaban J connectivity index is 1.60. The second-order valence-electron chi connectivity index (χ2n) is 13.5. The van der Waals surface area contributed by atoms with Crippen molar-refractivity contribution in [2.75, 3.05) is 7.11 Å². The van der Waals surface area contributed by atoms with Crippen LogP contribution < -0.4 is 9.47 Å². The van der Waals surface area contributed by atoms with Crippen molar-refractivity contribution in [3.63, 3.8) is 0 Å². The SMILES string of the molecule is COc1ccc(OC(=O)Cc2ccc3c(c2O)C(=O)C2C(=O)[C@@]4(O)C(=O)C(C(C)=O)C(=O)C(C(C)C)[C@@]4(C)[C@H](O)[C@@]2(C)[C@@H]3C)cc1. The molecule has 0 heterocycles. The first-order chi connectivity index (χ1) is 21.4. The average molecular weight is 635 g/mol. The third-order valence-corrected chi connectivity index (χ3v) is 10.9. The van der Waals surface area contributed by atoms with Crippen LogP contribution in [0.3, 0.4) is 0 Å². The van der Waals surface area contributed by atoms with E-state index in [0.717, 1.165) is 6.92 Å². The lowest BCUT2D eigenvalue weighted by molar-refractivity contribution is -0.240. The Hall–Kier alpha value is -4.22. The molecule has 2 aromatic carbocycles. The van der Waals surface area contributed by atoms with E-state index in [1.807, 2.05) is 0 Å². The molecule has 0 aliphatic heterocycles. The van der Waals surface area contributed by atoms with E-state index >= 15 is 0 Å². The number of carbonyl (C=O) groups is 6. The largest absolute Gasteiger partial charge is 0.507 e. The number of aromatic hydroxyl groups is 1. The molecule has 0 amide bonds. The van der Waals surface area contributed by atoms with Crippen LogP contribution in [0.5, 0.6) is 17.2 Å². The van der Waals surface area contributed by atoms with Crippen molar-refractivity contribution < 1.29 is 53.6 Å². The monoisotopic (exact) mass is 634 g/mol. The molecule has 11 nitrogen and oxygen atoms in total. The summed E-state index contributed by atoms with van der Waals surface area (Å²) < 4.78 is 10.4. The van der Waals surface area contributed by atoms with Gasteiger partial charge >= 0.3 is 5.97 Å². The molecule has 2 fully saturated rings. The fourth-order valence-corrected chi connectivity index (χ4v) is 8.51. The number of methoxy groups -OCH3 is 1. The maximum absolute atomic E-state index is 14.5. The predicted octanol–water partition coefficient (Wildman–Crippen LogP) is 2.78. The molecule has 3 aliphatic rings. The van der Waals surface area contributed by atoms with Gasteiger partial charge in [0.2, 0.25) is 0 Å². The number of aliphatic hydroxyl groups is 2. The predicted molar refractivity (Wildman–Crippen MR) is 161 cm³/mol. The summed E-state index contributed by atoms with van der Waals surface area (Å²) in [5, 5.41) is 35.8. The highest BCUT2D eigenvalue weighted by Gasteiger charge is 2.80. The number of aliphatic hydroxyl groups excluding tert-OH is 1. The normalized spacial score (nSPS) is 33.7. The molecule has 5 rings (SSSR count). The minimum Gasteiger partial charge on any atom is -0.507 e. The van der Waals surface area contributed by atoms with Crippen LogP contribution in [0.25, 0.3) is 0 Å². The second-order valence-corrected chi connectivity index (χ2v) is 13.5. The molecular weight excluding hydrogens is 596 g/mol. The molecule has 0 radical (unpaired) electrons. The number of hydrogen-bond donors (Lipinski definition) is 3. The molecule has 0 aromatic heterocycles. The third-order valence-electron chi connectivity index (χ3n) is 10.9. The smallest absolute Gasteiger partial charge is 0.315 e. The number of esters is 1. The first kappa shape index (κ1) is 33.2. The fourth-order valence-electron chi connectivity index (χ4n) is 8.51. The van der Waals surface area contributed by atoms with E-state index in [4.69, 9.17) is 9.47 Å². The molecule has 2 saturated carbocycles. The summed E-state index contributed by atoms with van der Waals surface area (Å²) in [7, 11) is 1.49. The van der Waals surface area contributed by atoms with E-state index in [-0.39, 0.29) is 22.4 Å². The lowest BCUT2D eigenvalue weighted by atomic mass is 9.37. The van der Waals surface area contributed by atoms with Gasteiger partial charge in [-0.05, 0) is 48.6 Å². The second kappa shape index (κ2) is 10.9. The van der Waals surface area contributed by atoms with Gasteiger partial charge in [-0.25, -0.2) is 0 Å². The number of hydrogen-bond acceptors (Lipinski definition) is 11. The van der Waals surface area contributed by atoms with Crippen molar-refractivity contribution in [3.8, 4) is 17.2 Å². The van der Waals surface area contributed by atoms with Crippen molar-refractivity contribution in [2.24, 2.45) is 34.5 Å². The third kappa shape index (κ3) is 4.17. The Morgan fingerprint density at radius 3 is 2.09 bits per heavy atom. The number of carbonyl (C=O) groups excluding carboxylic acids is 6. The van der Waals surface area contributed by atoms with Gasteiger partial charge in [0, 0.05) is 22.3 Å². The number of ketones is 5. The minimum absolute atomic E-state index is 0.0321. The molecule has 244 valence electrons. The number of phenols is 1. The molecule has 3 aliphatic carbocycles. The molecule has 0 saturated heterocycles. The molecule has 3 unspecified atom stereocenters. The maximum atomic E-state index is 14.5. The zero-order valence-electron chi connectivity index (χ0n) is 26.7. The van der Waals surface area contributed by atoms with Crippen molar-refractivity contribution in [3.05, 3.63) is 53.1 Å². The van der Waals surface area contributed by atoms with Crippen molar-refractivity contribution in [2.45, 2.75) is 65.6 Å². The van der Waals surface area contributed by atoms with E-state index in [9.17, 15) is 44.1 Å². The number of ether oxygens (including phenoxy) is 2. The van der Waals surface area contributed by atoms with Gasteiger partial charge in [-0.3, -0.25) is 28.8 Å².